The zero-order valence-corrected chi connectivity index (χ0v) is 23.4. The molecular weight excluding hydrogens is 514 g/mol. The van der Waals surface area contributed by atoms with Gasteiger partial charge in [-0.25, -0.2) is 9.78 Å². The number of nitrogens with zero attached hydrogens (tertiary/aromatic N) is 6. The van der Waals surface area contributed by atoms with Gasteiger partial charge in [0.2, 0.25) is 5.95 Å². The summed E-state index contributed by atoms with van der Waals surface area (Å²) in [5, 5.41) is 16.0. The van der Waals surface area contributed by atoms with E-state index in [1.54, 1.807) is 31.5 Å². The van der Waals surface area contributed by atoms with Crippen LogP contribution in [0.15, 0.2) is 54.9 Å². The van der Waals surface area contributed by atoms with Gasteiger partial charge in [0.1, 0.15) is 17.0 Å². The summed E-state index contributed by atoms with van der Waals surface area (Å²) >= 11 is 0. The minimum atomic E-state index is -0.562. The Labute approximate surface area is 232 Å². The van der Waals surface area contributed by atoms with Gasteiger partial charge in [-0.05, 0) is 45.5 Å². The van der Waals surface area contributed by atoms with Gasteiger partial charge in [0, 0.05) is 44.7 Å². The Morgan fingerprint density at radius 1 is 1.15 bits per heavy atom. The number of hydrogen-bond acceptors (Lipinski definition) is 10. The number of ether oxygens (including phenoxy) is 2. The third kappa shape index (κ3) is 6.12. The fraction of sp³-hybridized carbons (Fsp3) is 0.321. The monoisotopic (exact) mass is 547 g/mol. The topological polar surface area (TPSA) is 128 Å². The number of esters is 1. The highest BCUT2D eigenvalue weighted by Gasteiger charge is 2.24. The maximum atomic E-state index is 13.0. The van der Waals surface area contributed by atoms with Crippen molar-refractivity contribution in [3.8, 4) is 11.6 Å². The average Bonchev–Trinajstić information content (AvgIpc) is 3.35. The van der Waals surface area contributed by atoms with Crippen molar-refractivity contribution < 1.29 is 19.2 Å². The van der Waals surface area contributed by atoms with E-state index in [2.05, 4.69) is 15.3 Å². The zero-order valence-electron chi connectivity index (χ0n) is 23.4. The minimum Gasteiger partial charge on any atom is -0.494 e. The van der Waals surface area contributed by atoms with Crippen LogP contribution >= 0.6 is 0 Å². The van der Waals surface area contributed by atoms with Crippen LogP contribution in [0.25, 0.3) is 16.7 Å². The van der Waals surface area contributed by atoms with E-state index in [9.17, 15) is 14.9 Å². The van der Waals surface area contributed by atoms with E-state index in [-0.39, 0.29) is 23.3 Å². The second-order valence-electron chi connectivity index (χ2n) is 9.78. The van der Waals surface area contributed by atoms with Gasteiger partial charge < -0.3 is 29.2 Å². The maximum Gasteiger partial charge on any atom is 0.343 e. The van der Waals surface area contributed by atoms with Gasteiger partial charge in [-0.15, -0.1) is 0 Å². The number of fused-ring (bicyclic) bond motifs is 1. The van der Waals surface area contributed by atoms with Crippen LogP contribution in [0.5, 0.6) is 5.75 Å². The Morgan fingerprint density at radius 3 is 2.58 bits per heavy atom. The maximum absolute atomic E-state index is 13.0. The van der Waals surface area contributed by atoms with Crippen molar-refractivity contribution >= 4 is 39.9 Å². The number of carbonyl (C=O) groups excluding carboxylic acids is 1. The van der Waals surface area contributed by atoms with Crippen LogP contribution < -0.4 is 15.0 Å². The molecule has 0 saturated heterocycles. The molecule has 0 amide bonds. The van der Waals surface area contributed by atoms with Gasteiger partial charge in [0.05, 0.1) is 29.3 Å². The molecule has 2 aromatic carbocycles. The molecule has 12 heteroatoms. The molecule has 0 radical (unpaired) electrons. The van der Waals surface area contributed by atoms with Crippen LogP contribution in [-0.2, 0) is 4.74 Å². The average molecular weight is 548 g/mol. The first-order valence-corrected chi connectivity index (χ1v) is 12.7. The summed E-state index contributed by atoms with van der Waals surface area (Å²) in [4.78, 5) is 37.3. The number of methoxy groups -OCH3 is 1. The predicted molar refractivity (Wildman–Crippen MR) is 154 cm³/mol. The first-order valence-electron chi connectivity index (χ1n) is 12.7. The van der Waals surface area contributed by atoms with Crippen LogP contribution in [0.4, 0.5) is 23.0 Å². The Bertz CT molecular complexity index is 1530. The molecule has 4 aromatic rings. The van der Waals surface area contributed by atoms with E-state index in [4.69, 9.17) is 9.47 Å². The standard InChI is InChI=1S/C28H33N7O5/c1-18(2)40-27(36)20-17-29-28(31-26(20)34-12-11-19-9-7-8-10-22(19)34)30-21-15-24(35(37)38)23(16-25(21)39-6)33(5)14-13-32(3)4/h7-12,15-18H,13-14H2,1-6H3,(H,29,30,31). The van der Waals surface area contributed by atoms with E-state index < -0.39 is 10.9 Å². The summed E-state index contributed by atoms with van der Waals surface area (Å²) in [6, 6.07) is 12.6. The zero-order chi connectivity index (χ0) is 29.0. The van der Waals surface area contributed by atoms with E-state index in [1.807, 2.05) is 60.4 Å². The third-order valence-electron chi connectivity index (χ3n) is 6.19. The summed E-state index contributed by atoms with van der Waals surface area (Å²) < 4.78 is 12.8. The van der Waals surface area contributed by atoms with Crippen molar-refractivity contribution in [2.75, 3.05) is 51.6 Å². The van der Waals surface area contributed by atoms with Crippen LogP contribution in [0.2, 0.25) is 0 Å². The number of nitro benzene ring substituents is 1. The molecule has 0 unspecified atom stereocenters. The number of likely N-dealkylation sites (N-methyl/N-ethyl adjacent to an activating group) is 2. The van der Waals surface area contributed by atoms with Crippen molar-refractivity contribution in [1.82, 2.24) is 19.4 Å². The first-order chi connectivity index (χ1) is 19.1. The van der Waals surface area contributed by atoms with Gasteiger partial charge in [0.25, 0.3) is 5.69 Å². The number of nitro groups is 1. The highest BCUT2D eigenvalue weighted by atomic mass is 16.6. The molecule has 0 fully saturated rings. The number of anilines is 3. The molecule has 0 aliphatic heterocycles. The Hall–Kier alpha value is -4.71. The number of benzene rings is 2. The molecule has 40 heavy (non-hydrogen) atoms. The lowest BCUT2D eigenvalue weighted by atomic mass is 10.2. The number of carbonyl (C=O) groups is 1. The number of para-hydroxylation sites is 1. The molecular formula is C28H33N7O5. The lowest BCUT2D eigenvalue weighted by molar-refractivity contribution is -0.384. The van der Waals surface area contributed by atoms with Gasteiger partial charge >= 0.3 is 5.97 Å². The van der Waals surface area contributed by atoms with E-state index in [0.29, 0.717) is 36.0 Å². The Morgan fingerprint density at radius 2 is 1.90 bits per heavy atom. The fourth-order valence-corrected chi connectivity index (χ4v) is 4.17. The molecule has 2 aromatic heterocycles. The van der Waals surface area contributed by atoms with Crippen molar-refractivity contribution in [1.29, 1.82) is 0 Å². The smallest absolute Gasteiger partial charge is 0.343 e. The van der Waals surface area contributed by atoms with Crippen molar-refractivity contribution in [2.45, 2.75) is 20.0 Å². The second-order valence-corrected chi connectivity index (χ2v) is 9.78. The lowest BCUT2D eigenvalue weighted by Gasteiger charge is -2.23. The highest BCUT2D eigenvalue weighted by Crippen LogP contribution is 2.39. The molecule has 1 N–H and O–H groups in total. The molecule has 210 valence electrons. The summed E-state index contributed by atoms with van der Waals surface area (Å²) in [5.74, 6) is 0.234. The van der Waals surface area contributed by atoms with Crippen molar-refractivity contribution in [2.24, 2.45) is 0 Å². The summed E-state index contributed by atoms with van der Waals surface area (Å²) in [7, 11) is 7.16. The number of rotatable bonds is 11. The number of aromatic nitrogens is 3. The molecule has 0 aliphatic rings. The van der Waals surface area contributed by atoms with Gasteiger partial charge in [-0.1, -0.05) is 18.2 Å². The fourth-order valence-electron chi connectivity index (χ4n) is 4.17. The minimum absolute atomic E-state index is 0.0988. The van der Waals surface area contributed by atoms with Crippen molar-refractivity contribution in [3.63, 3.8) is 0 Å². The van der Waals surface area contributed by atoms with Crippen molar-refractivity contribution in [3.05, 3.63) is 70.5 Å². The van der Waals surface area contributed by atoms with E-state index >= 15 is 0 Å². The largest absolute Gasteiger partial charge is 0.494 e. The SMILES string of the molecule is COc1cc(N(C)CCN(C)C)c([N+](=O)[O-])cc1Nc1ncc(C(=O)OC(C)C)c(-n2ccc3ccccc32)n1. The van der Waals surface area contributed by atoms with Gasteiger partial charge in [0.15, 0.2) is 5.82 Å². The molecule has 2 heterocycles. The van der Waals surface area contributed by atoms with Crippen LogP contribution in [0.1, 0.15) is 24.2 Å². The molecule has 12 nitrogen and oxygen atoms in total. The molecule has 4 rings (SSSR count). The summed E-state index contributed by atoms with van der Waals surface area (Å²) in [6.45, 7) is 4.82. The molecule has 0 saturated carbocycles. The number of hydrogen-bond donors (Lipinski definition) is 1. The van der Waals surface area contributed by atoms with Crippen LogP contribution in [0, 0.1) is 10.1 Å². The van der Waals surface area contributed by atoms with E-state index in [0.717, 1.165) is 10.9 Å². The quantitative estimate of drug-likeness (QED) is 0.161. The Balaban J connectivity index is 1.78. The van der Waals surface area contributed by atoms with E-state index in [1.165, 1.54) is 19.4 Å². The first kappa shape index (κ1) is 28.3. The molecule has 0 atom stereocenters. The lowest BCUT2D eigenvalue weighted by Crippen LogP contribution is -2.29. The molecule has 0 spiro atoms. The van der Waals surface area contributed by atoms with Gasteiger partial charge in [-0.2, -0.15) is 4.98 Å². The highest BCUT2D eigenvalue weighted by molar-refractivity contribution is 5.94. The predicted octanol–water partition coefficient (Wildman–Crippen LogP) is 4.64. The van der Waals surface area contributed by atoms with Gasteiger partial charge in [-0.3, -0.25) is 10.1 Å². The Kier molecular flexibility index (Phi) is 8.49. The molecule has 0 bridgehead atoms. The third-order valence-corrected chi connectivity index (χ3v) is 6.19. The van der Waals surface area contributed by atoms with Crippen LogP contribution in [0.3, 0.4) is 0 Å². The number of nitrogens with one attached hydrogen (secondary N) is 1. The van der Waals surface area contributed by atoms with Crippen LogP contribution in [-0.4, -0.2) is 77.8 Å². The normalized spacial score (nSPS) is 11.2. The summed E-state index contributed by atoms with van der Waals surface area (Å²) in [6.07, 6.45) is 2.86. The second kappa shape index (κ2) is 12.0. The summed E-state index contributed by atoms with van der Waals surface area (Å²) in [5.41, 5.74) is 1.64. The molecule has 0 aliphatic carbocycles.